The fourth-order valence-electron chi connectivity index (χ4n) is 6.11. The third-order valence-corrected chi connectivity index (χ3v) is 7.90. The average Bonchev–Trinajstić information content (AvgIpc) is 2.98. The summed E-state index contributed by atoms with van der Waals surface area (Å²) in [7, 11) is 0. The molecule has 4 aliphatic rings. The maximum atomic E-state index is 14.0. The number of hydrogen-bond donors (Lipinski definition) is 0. The van der Waals surface area contributed by atoms with Crippen molar-refractivity contribution >= 4 is 5.97 Å². The van der Waals surface area contributed by atoms with E-state index in [1.54, 1.807) is 13.8 Å². The molecule has 4 rings (SSSR count). The molecular formula is C19H18F14O2. The fourth-order valence-corrected chi connectivity index (χ4v) is 6.11. The van der Waals surface area contributed by atoms with Gasteiger partial charge in [0.1, 0.15) is 0 Å². The highest BCUT2D eigenvalue weighted by Crippen LogP contribution is 2.83. The highest BCUT2D eigenvalue weighted by molar-refractivity contribution is 5.84. The molecule has 0 radical (unpaired) electrons. The number of rotatable bonds is 10. The molecule has 16 heteroatoms. The van der Waals surface area contributed by atoms with E-state index in [9.17, 15) is 66.3 Å². The summed E-state index contributed by atoms with van der Waals surface area (Å²) in [6, 6.07) is 0. The van der Waals surface area contributed by atoms with Crippen LogP contribution in [-0.4, -0.2) is 54.5 Å². The molecule has 6 unspecified atom stereocenters. The first kappa shape index (κ1) is 28.1. The molecule has 0 aromatic heterocycles. The van der Waals surface area contributed by atoms with Crippen LogP contribution >= 0.6 is 0 Å². The van der Waals surface area contributed by atoms with E-state index >= 15 is 0 Å². The number of alkyl halides is 14. The standard InChI is InChI=1S/C19H18F14O2/c1-6-8-3-9-11(6)15(9,7(8)2)12(34)35-5-14(24,25)17(28,29)19(32,33)18(30,31)16(26,27)13(22,23)4-10(20)21/h6-11H,3-5H2,1-2H3. The lowest BCUT2D eigenvalue weighted by Gasteiger charge is -2.41. The molecule has 4 saturated carbocycles. The van der Waals surface area contributed by atoms with Gasteiger partial charge in [-0.25, -0.2) is 8.78 Å². The van der Waals surface area contributed by atoms with Crippen LogP contribution in [0.5, 0.6) is 0 Å². The minimum Gasteiger partial charge on any atom is -0.459 e. The van der Waals surface area contributed by atoms with Gasteiger partial charge in [-0.2, -0.15) is 52.7 Å². The summed E-state index contributed by atoms with van der Waals surface area (Å²) in [5.41, 5.74) is -1.35. The van der Waals surface area contributed by atoms with E-state index in [0.717, 1.165) is 0 Å². The van der Waals surface area contributed by atoms with Gasteiger partial charge in [0.25, 0.3) is 0 Å². The zero-order valence-corrected chi connectivity index (χ0v) is 17.7. The molecule has 0 amide bonds. The summed E-state index contributed by atoms with van der Waals surface area (Å²) in [6.45, 7) is 0.345. The van der Waals surface area contributed by atoms with Gasteiger partial charge in [-0.3, -0.25) is 4.79 Å². The van der Waals surface area contributed by atoms with Crippen molar-refractivity contribution in [1.29, 1.82) is 0 Å². The van der Waals surface area contributed by atoms with E-state index in [-0.39, 0.29) is 23.7 Å². The minimum atomic E-state index is -7.94. The van der Waals surface area contributed by atoms with Gasteiger partial charge in [0.15, 0.2) is 6.61 Å². The van der Waals surface area contributed by atoms with Crippen LogP contribution in [0.15, 0.2) is 0 Å². The van der Waals surface area contributed by atoms with E-state index < -0.39 is 72.3 Å². The van der Waals surface area contributed by atoms with E-state index in [1.807, 2.05) is 0 Å². The molecule has 6 atom stereocenters. The van der Waals surface area contributed by atoms with Gasteiger partial charge in [-0.15, -0.1) is 0 Å². The first-order valence-corrected chi connectivity index (χ1v) is 10.2. The lowest BCUT2D eigenvalue weighted by molar-refractivity contribution is -0.428. The van der Waals surface area contributed by atoms with Crippen LogP contribution in [-0.2, 0) is 9.53 Å². The molecule has 4 aliphatic carbocycles. The Kier molecular flexibility index (Phi) is 6.02. The molecule has 204 valence electrons. The van der Waals surface area contributed by atoms with Crippen LogP contribution in [0.2, 0.25) is 0 Å². The first-order valence-electron chi connectivity index (χ1n) is 10.2. The number of carbonyl (C=O) groups excluding carboxylic acids is 1. The molecule has 2 nitrogen and oxygen atoms in total. The molecule has 0 aromatic carbocycles. The monoisotopic (exact) mass is 544 g/mol. The summed E-state index contributed by atoms with van der Waals surface area (Å²) in [6.07, 6.45) is -7.44. The summed E-state index contributed by atoms with van der Waals surface area (Å²) in [4.78, 5) is 12.4. The predicted molar refractivity (Wildman–Crippen MR) is 87.1 cm³/mol. The molecule has 0 spiro atoms. The van der Waals surface area contributed by atoms with Gasteiger partial charge in [-0.1, -0.05) is 13.8 Å². The Hall–Kier alpha value is -1.51. The van der Waals surface area contributed by atoms with Crippen LogP contribution in [0.4, 0.5) is 61.5 Å². The van der Waals surface area contributed by atoms with Crippen LogP contribution in [0, 0.1) is 35.0 Å². The molecule has 0 aliphatic heterocycles. The van der Waals surface area contributed by atoms with E-state index in [0.29, 0.717) is 6.42 Å². The Balaban J connectivity index is 1.81. The van der Waals surface area contributed by atoms with Gasteiger partial charge >= 0.3 is 41.5 Å². The second kappa shape index (κ2) is 7.51. The summed E-state index contributed by atoms with van der Waals surface area (Å²) >= 11 is 0. The summed E-state index contributed by atoms with van der Waals surface area (Å²) in [5, 5.41) is 0. The number of esters is 1. The molecule has 0 N–H and O–H groups in total. The fraction of sp³-hybridized carbons (Fsp3) is 0.947. The summed E-state index contributed by atoms with van der Waals surface area (Å²) in [5.74, 6) is -46.8. The Morgan fingerprint density at radius 2 is 1.29 bits per heavy atom. The van der Waals surface area contributed by atoms with Gasteiger partial charge in [-0.05, 0) is 36.0 Å². The van der Waals surface area contributed by atoms with Crippen LogP contribution < -0.4 is 0 Å². The number of carbonyl (C=O) groups is 1. The van der Waals surface area contributed by atoms with Crippen molar-refractivity contribution in [3.63, 3.8) is 0 Å². The maximum absolute atomic E-state index is 14.0. The highest BCUT2D eigenvalue weighted by atomic mass is 19.4. The van der Waals surface area contributed by atoms with Crippen molar-refractivity contribution < 1.29 is 71.0 Å². The zero-order chi connectivity index (χ0) is 27.4. The molecule has 0 saturated heterocycles. The SMILES string of the molecule is CC1C2CC3C1C3(C(=O)OCC(F)(F)C(F)(F)C(F)(F)C(F)(F)C(F)(F)C(F)(F)CC(F)F)C2C. The molecule has 35 heavy (non-hydrogen) atoms. The van der Waals surface area contributed by atoms with Crippen LogP contribution in [0.1, 0.15) is 26.7 Å². The van der Waals surface area contributed by atoms with E-state index in [2.05, 4.69) is 4.74 Å². The van der Waals surface area contributed by atoms with Crippen LogP contribution in [0.3, 0.4) is 0 Å². The summed E-state index contributed by atoms with van der Waals surface area (Å²) < 4.78 is 192. The van der Waals surface area contributed by atoms with Gasteiger partial charge in [0.05, 0.1) is 11.8 Å². The Morgan fingerprint density at radius 3 is 1.63 bits per heavy atom. The first-order chi connectivity index (χ1) is 15.5. The quantitative estimate of drug-likeness (QED) is 0.231. The average molecular weight is 544 g/mol. The van der Waals surface area contributed by atoms with Crippen molar-refractivity contribution in [2.24, 2.45) is 35.0 Å². The Bertz CT molecular complexity index is 868. The largest absolute Gasteiger partial charge is 0.459 e. The van der Waals surface area contributed by atoms with Crippen molar-refractivity contribution in [3.05, 3.63) is 0 Å². The number of hydrogen-bond acceptors (Lipinski definition) is 2. The van der Waals surface area contributed by atoms with Crippen LogP contribution in [0.25, 0.3) is 0 Å². The molecular weight excluding hydrogens is 526 g/mol. The van der Waals surface area contributed by atoms with E-state index in [1.165, 1.54) is 0 Å². The number of halogens is 14. The minimum absolute atomic E-state index is 0.0281. The highest BCUT2D eigenvalue weighted by Gasteiger charge is 2.90. The van der Waals surface area contributed by atoms with Crippen molar-refractivity contribution in [2.75, 3.05) is 6.61 Å². The third kappa shape index (κ3) is 3.24. The maximum Gasteiger partial charge on any atom is 0.384 e. The topological polar surface area (TPSA) is 26.3 Å². The predicted octanol–water partition coefficient (Wildman–Crippen LogP) is 6.53. The molecule has 4 bridgehead atoms. The molecule has 0 aromatic rings. The van der Waals surface area contributed by atoms with Crippen molar-refractivity contribution in [3.8, 4) is 0 Å². The van der Waals surface area contributed by atoms with Gasteiger partial charge < -0.3 is 4.74 Å². The third-order valence-electron chi connectivity index (χ3n) is 7.90. The normalized spacial score (nSPS) is 33.5. The number of ether oxygens (including phenoxy) is 1. The second-order valence-corrected chi connectivity index (χ2v) is 9.49. The van der Waals surface area contributed by atoms with Gasteiger partial charge in [0, 0.05) is 0 Å². The zero-order valence-electron chi connectivity index (χ0n) is 17.7. The lowest BCUT2D eigenvalue weighted by Crippen LogP contribution is -2.71. The van der Waals surface area contributed by atoms with Gasteiger partial charge in [0.2, 0.25) is 6.43 Å². The Morgan fingerprint density at radius 1 is 0.829 bits per heavy atom. The Labute approximate surface area is 188 Å². The molecule has 4 fully saturated rings. The smallest absolute Gasteiger partial charge is 0.384 e. The molecule has 0 heterocycles. The second-order valence-electron chi connectivity index (χ2n) is 9.49. The van der Waals surface area contributed by atoms with E-state index in [4.69, 9.17) is 0 Å². The van der Waals surface area contributed by atoms with Crippen molar-refractivity contribution in [2.45, 2.75) is 68.6 Å². The lowest BCUT2D eigenvalue weighted by atomic mass is 9.89. The van der Waals surface area contributed by atoms with Crippen molar-refractivity contribution in [1.82, 2.24) is 0 Å².